The summed E-state index contributed by atoms with van der Waals surface area (Å²) in [7, 11) is 2.19. The number of ether oxygens (including phenoxy) is 2. The van der Waals surface area contributed by atoms with Gasteiger partial charge in [-0.3, -0.25) is 0 Å². The van der Waals surface area contributed by atoms with Crippen molar-refractivity contribution in [2.24, 2.45) is 0 Å². The summed E-state index contributed by atoms with van der Waals surface area (Å²) in [6.45, 7) is 6.94. The number of nitrogens with one attached hydrogen (secondary N) is 1. The number of fused-ring (bicyclic) bond motifs is 3. The lowest BCUT2D eigenvalue weighted by atomic mass is 10.1. The van der Waals surface area contributed by atoms with Crippen LogP contribution in [-0.2, 0) is 9.47 Å². The Kier molecular flexibility index (Phi) is 5.13. The van der Waals surface area contributed by atoms with Crippen LogP contribution in [0.2, 0.25) is 0 Å². The van der Waals surface area contributed by atoms with Crippen LogP contribution in [0.1, 0.15) is 57.1 Å². The summed E-state index contributed by atoms with van der Waals surface area (Å²) in [5.41, 5.74) is 1.95. The molecule has 2 aromatic rings. The first-order valence-electron chi connectivity index (χ1n) is 12.0. The number of rotatable bonds is 3. The van der Waals surface area contributed by atoms with Gasteiger partial charge in [0, 0.05) is 44.4 Å². The van der Waals surface area contributed by atoms with Crippen LogP contribution < -0.4 is 10.2 Å². The fraction of sp³-hybridized carbons (Fsp3) is 0.739. The number of hydrogen-bond acceptors (Lipinski definition) is 7. The van der Waals surface area contributed by atoms with Crippen molar-refractivity contribution in [3.8, 4) is 0 Å². The third-order valence-corrected chi connectivity index (χ3v) is 7.50. The van der Waals surface area contributed by atoms with E-state index in [4.69, 9.17) is 19.6 Å². The molecule has 4 aliphatic rings. The molecule has 0 amide bonds. The van der Waals surface area contributed by atoms with Gasteiger partial charge in [-0.15, -0.1) is 0 Å². The van der Waals surface area contributed by atoms with Gasteiger partial charge in [0.15, 0.2) is 17.7 Å². The molecule has 0 spiro atoms. The van der Waals surface area contributed by atoms with E-state index in [1.54, 1.807) is 0 Å². The van der Waals surface area contributed by atoms with E-state index in [-0.39, 0.29) is 12.3 Å². The zero-order chi connectivity index (χ0) is 20.9. The Morgan fingerprint density at radius 2 is 2.03 bits per heavy atom. The van der Waals surface area contributed by atoms with Crippen molar-refractivity contribution in [2.75, 3.05) is 44.8 Å². The highest BCUT2D eigenvalue weighted by Crippen LogP contribution is 2.36. The van der Waals surface area contributed by atoms with Crippen molar-refractivity contribution < 1.29 is 9.47 Å². The van der Waals surface area contributed by atoms with Gasteiger partial charge in [0.2, 0.25) is 0 Å². The topological polar surface area (TPSA) is 67.7 Å². The van der Waals surface area contributed by atoms with Crippen LogP contribution in [-0.4, -0.2) is 77.7 Å². The van der Waals surface area contributed by atoms with Crippen molar-refractivity contribution in [3.05, 3.63) is 17.8 Å². The molecule has 4 fully saturated rings. The molecule has 4 aliphatic heterocycles. The van der Waals surface area contributed by atoms with Crippen molar-refractivity contribution in [2.45, 2.75) is 69.5 Å². The predicted molar refractivity (Wildman–Crippen MR) is 119 cm³/mol. The molecule has 4 unspecified atom stereocenters. The molecule has 6 heterocycles. The SMILES string of the molecule is C[C@@H]1CN(C)CCN1c1nn(C2CCCCO2)c2nc(C3OCC4CCC3N4)ccc12. The minimum absolute atomic E-state index is 0.0183. The third-order valence-electron chi connectivity index (χ3n) is 7.50. The first kappa shape index (κ1) is 19.9. The Morgan fingerprint density at radius 1 is 1.10 bits per heavy atom. The van der Waals surface area contributed by atoms with E-state index < -0.39 is 0 Å². The van der Waals surface area contributed by atoms with E-state index in [9.17, 15) is 0 Å². The second kappa shape index (κ2) is 7.99. The third kappa shape index (κ3) is 3.53. The van der Waals surface area contributed by atoms with Gasteiger partial charge in [0.05, 0.1) is 17.7 Å². The molecule has 1 N–H and O–H groups in total. The molecule has 31 heavy (non-hydrogen) atoms. The highest BCUT2D eigenvalue weighted by atomic mass is 16.5. The average molecular weight is 427 g/mol. The Morgan fingerprint density at radius 3 is 2.87 bits per heavy atom. The Labute approximate surface area is 183 Å². The first-order chi connectivity index (χ1) is 15.2. The fourth-order valence-electron chi connectivity index (χ4n) is 5.81. The number of aromatic nitrogens is 3. The smallest absolute Gasteiger partial charge is 0.163 e. The minimum Gasteiger partial charge on any atom is -0.369 e. The van der Waals surface area contributed by atoms with Gasteiger partial charge in [0.25, 0.3) is 0 Å². The predicted octanol–water partition coefficient (Wildman–Crippen LogP) is 2.46. The molecule has 5 atom stereocenters. The molecule has 8 nitrogen and oxygen atoms in total. The van der Waals surface area contributed by atoms with Gasteiger partial charge in [-0.05, 0) is 58.2 Å². The lowest BCUT2D eigenvalue weighted by Gasteiger charge is -2.38. The molecule has 2 bridgehead atoms. The molecule has 0 aliphatic carbocycles. The Bertz CT molecular complexity index is 942. The molecule has 4 saturated heterocycles. The molecular weight excluding hydrogens is 392 g/mol. The highest BCUT2D eigenvalue weighted by Gasteiger charge is 2.38. The van der Waals surface area contributed by atoms with E-state index in [0.29, 0.717) is 18.1 Å². The summed E-state index contributed by atoms with van der Waals surface area (Å²) < 4.78 is 14.4. The number of likely N-dealkylation sites (N-methyl/N-ethyl adjacent to an activating group) is 1. The molecule has 8 heteroatoms. The molecule has 168 valence electrons. The van der Waals surface area contributed by atoms with E-state index in [1.807, 2.05) is 0 Å². The summed E-state index contributed by atoms with van der Waals surface area (Å²) >= 11 is 0. The zero-order valence-electron chi connectivity index (χ0n) is 18.7. The average Bonchev–Trinajstić information content (AvgIpc) is 3.35. The van der Waals surface area contributed by atoms with Gasteiger partial charge in [-0.25, -0.2) is 9.67 Å². The van der Waals surface area contributed by atoms with Gasteiger partial charge in [-0.1, -0.05) is 0 Å². The van der Waals surface area contributed by atoms with Crippen LogP contribution in [0.15, 0.2) is 12.1 Å². The summed E-state index contributed by atoms with van der Waals surface area (Å²) in [5.74, 6) is 1.05. The Hall–Kier alpha value is -1.74. The highest BCUT2D eigenvalue weighted by molar-refractivity contribution is 5.88. The van der Waals surface area contributed by atoms with Crippen LogP contribution in [0.5, 0.6) is 0 Å². The second-order valence-corrected chi connectivity index (χ2v) is 9.80. The number of pyridine rings is 1. The molecule has 0 saturated carbocycles. The van der Waals surface area contributed by atoms with Gasteiger partial charge in [-0.2, -0.15) is 5.10 Å². The summed E-state index contributed by atoms with van der Waals surface area (Å²) in [6.07, 6.45) is 5.63. The van der Waals surface area contributed by atoms with Crippen LogP contribution in [0.4, 0.5) is 5.82 Å². The largest absolute Gasteiger partial charge is 0.369 e. The maximum atomic E-state index is 6.24. The minimum atomic E-state index is -0.0308. The maximum Gasteiger partial charge on any atom is 0.163 e. The first-order valence-corrected chi connectivity index (χ1v) is 12.0. The van der Waals surface area contributed by atoms with Gasteiger partial charge < -0.3 is 24.6 Å². The van der Waals surface area contributed by atoms with Crippen molar-refractivity contribution in [1.82, 2.24) is 25.0 Å². The number of anilines is 1. The van der Waals surface area contributed by atoms with E-state index in [0.717, 1.165) is 74.7 Å². The van der Waals surface area contributed by atoms with Crippen LogP contribution in [0.3, 0.4) is 0 Å². The normalized spacial score (nSPS) is 34.5. The quantitative estimate of drug-likeness (QED) is 0.809. The number of morpholine rings is 1. The van der Waals surface area contributed by atoms with E-state index >= 15 is 0 Å². The lowest BCUT2D eigenvalue weighted by molar-refractivity contribution is -0.0371. The monoisotopic (exact) mass is 426 g/mol. The number of piperazine rings is 1. The second-order valence-electron chi connectivity index (χ2n) is 9.80. The molecule has 6 rings (SSSR count). The van der Waals surface area contributed by atoms with Crippen molar-refractivity contribution in [1.29, 1.82) is 0 Å². The van der Waals surface area contributed by atoms with Gasteiger partial charge >= 0.3 is 0 Å². The maximum absolute atomic E-state index is 6.24. The van der Waals surface area contributed by atoms with E-state index in [1.165, 1.54) is 12.8 Å². The molecule has 2 aromatic heterocycles. The lowest BCUT2D eigenvalue weighted by Crippen LogP contribution is -2.50. The summed E-state index contributed by atoms with van der Waals surface area (Å²) in [4.78, 5) is 10.0. The van der Waals surface area contributed by atoms with Crippen molar-refractivity contribution in [3.63, 3.8) is 0 Å². The standard InChI is InChI=1S/C23H34N6O2/c1-15-13-27(2)10-11-28(15)23-17-7-9-19(21-18-8-6-16(24-18)14-31-21)25-22(17)29(26-23)20-5-3-4-12-30-20/h7,9,15-16,18,20-21,24H,3-6,8,10-14H2,1-2H3/t15-,16?,18?,20?,21?/m1/s1. The fourth-order valence-corrected chi connectivity index (χ4v) is 5.81. The Balaban J connectivity index is 1.41. The van der Waals surface area contributed by atoms with Crippen molar-refractivity contribution >= 4 is 16.9 Å². The van der Waals surface area contributed by atoms with Gasteiger partial charge in [0.1, 0.15) is 6.10 Å². The summed E-state index contributed by atoms with van der Waals surface area (Å²) in [5, 5.41) is 9.96. The van der Waals surface area contributed by atoms with E-state index in [2.05, 4.69) is 45.9 Å². The molecule has 0 aromatic carbocycles. The molecular formula is C23H34N6O2. The molecule has 0 radical (unpaired) electrons. The number of nitrogens with zero attached hydrogens (tertiary/aromatic N) is 5. The van der Waals surface area contributed by atoms with Crippen LogP contribution >= 0.6 is 0 Å². The van der Waals surface area contributed by atoms with Crippen LogP contribution in [0, 0.1) is 0 Å². The summed E-state index contributed by atoms with van der Waals surface area (Å²) in [6, 6.07) is 5.67. The number of hydrogen-bond donors (Lipinski definition) is 1. The zero-order valence-corrected chi connectivity index (χ0v) is 18.7. The van der Waals surface area contributed by atoms with Crippen LogP contribution in [0.25, 0.3) is 11.0 Å².